The van der Waals surface area contributed by atoms with Crippen molar-refractivity contribution in [3.8, 4) is 6.07 Å². The summed E-state index contributed by atoms with van der Waals surface area (Å²) in [6, 6.07) is 8.70. The molecule has 0 aromatic heterocycles. The number of benzene rings is 1. The van der Waals surface area contributed by atoms with Gasteiger partial charge in [0.2, 0.25) is 0 Å². The Morgan fingerprint density at radius 3 is 2.74 bits per heavy atom. The van der Waals surface area contributed by atoms with Crippen molar-refractivity contribution in [2.45, 2.75) is 45.6 Å². The molecule has 102 valence electrons. The normalized spacial score (nSPS) is 23.1. The number of rotatable bonds is 3. The smallest absolute Gasteiger partial charge is 0.103 e. The molecule has 2 rings (SSSR count). The van der Waals surface area contributed by atoms with E-state index in [0.717, 1.165) is 15.7 Å². The van der Waals surface area contributed by atoms with Crippen molar-refractivity contribution >= 4 is 21.6 Å². The third-order valence-electron chi connectivity index (χ3n) is 4.14. The summed E-state index contributed by atoms with van der Waals surface area (Å²) in [7, 11) is 0. The SMILES string of the molecule is CC(C)C1CCCCC1Nc1cccc(Br)c1C#N. The molecule has 2 nitrogen and oxygen atoms in total. The van der Waals surface area contributed by atoms with Gasteiger partial charge in [0, 0.05) is 10.5 Å². The molecule has 2 unspecified atom stereocenters. The van der Waals surface area contributed by atoms with Crippen molar-refractivity contribution in [1.82, 2.24) is 0 Å². The van der Waals surface area contributed by atoms with Gasteiger partial charge in [-0.25, -0.2) is 0 Å². The Balaban J connectivity index is 2.20. The van der Waals surface area contributed by atoms with Crippen LogP contribution < -0.4 is 5.32 Å². The number of halogens is 1. The van der Waals surface area contributed by atoms with Crippen molar-refractivity contribution in [2.24, 2.45) is 11.8 Å². The minimum absolute atomic E-state index is 0.496. The van der Waals surface area contributed by atoms with Crippen molar-refractivity contribution in [3.05, 3.63) is 28.2 Å². The third-order valence-corrected chi connectivity index (χ3v) is 4.80. The maximum absolute atomic E-state index is 9.28. The van der Waals surface area contributed by atoms with E-state index < -0.39 is 0 Å². The molecule has 1 aromatic carbocycles. The van der Waals surface area contributed by atoms with Gasteiger partial charge in [0.05, 0.1) is 11.3 Å². The largest absolute Gasteiger partial charge is 0.381 e. The van der Waals surface area contributed by atoms with Gasteiger partial charge in [0.1, 0.15) is 6.07 Å². The van der Waals surface area contributed by atoms with Crippen LogP contribution in [0, 0.1) is 23.2 Å². The highest BCUT2D eigenvalue weighted by Crippen LogP contribution is 2.34. The molecular formula is C16H21BrN2. The van der Waals surface area contributed by atoms with Crippen LogP contribution in [0.2, 0.25) is 0 Å². The fourth-order valence-electron chi connectivity index (χ4n) is 3.09. The summed E-state index contributed by atoms with van der Waals surface area (Å²) in [5.74, 6) is 1.40. The molecule has 0 spiro atoms. The van der Waals surface area contributed by atoms with Gasteiger partial charge >= 0.3 is 0 Å². The molecule has 1 saturated carbocycles. The van der Waals surface area contributed by atoms with Crippen LogP contribution in [0.15, 0.2) is 22.7 Å². The molecule has 1 N–H and O–H groups in total. The highest BCUT2D eigenvalue weighted by atomic mass is 79.9. The minimum Gasteiger partial charge on any atom is -0.381 e. The summed E-state index contributed by atoms with van der Waals surface area (Å²) in [6.07, 6.45) is 5.13. The summed E-state index contributed by atoms with van der Waals surface area (Å²) < 4.78 is 0.872. The standard InChI is InChI=1S/C16H21BrN2/c1-11(2)12-6-3-4-8-15(12)19-16-9-5-7-14(17)13(16)10-18/h5,7,9,11-12,15,19H,3-4,6,8H2,1-2H3. The highest BCUT2D eigenvalue weighted by Gasteiger charge is 2.27. The quantitative estimate of drug-likeness (QED) is 0.855. The summed E-state index contributed by atoms with van der Waals surface area (Å²) in [6.45, 7) is 4.60. The lowest BCUT2D eigenvalue weighted by molar-refractivity contribution is 0.254. The summed E-state index contributed by atoms with van der Waals surface area (Å²) >= 11 is 3.45. The predicted molar refractivity (Wildman–Crippen MR) is 83.1 cm³/mol. The van der Waals surface area contributed by atoms with Crippen LogP contribution in [0.5, 0.6) is 0 Å². The van der Waals surface area contributed by atoms with E-state index >= 15 is 0 Å². The summed E-state index contributed by atoms with van der Waals surface area (Å²) in [4.78, 5) is 0. The molecule has 0 aliphatic heterocycles. The topological polar surface area (TPSA) is 35.8 Å². The maximum Gasteiger partial charge on any atom is 0.103 e. The molecule has 0 bridgehead atoms. The first kappa shape index (κ1) is 14.4. The molecule has 2 atom stereocenters. The van der Waals surface area contributed by atoms with Crippen LogP contribution in [0.1, 0.15) is 45.1 Å². The van der Waals surface area contributed by atoms with Gasteiger partial charge in [-0.3, -0.25) is 0 Å². The Labute approximate surface area is 124 Å². The van der Waals surface area contributed by atoms with Gasteiger partial charge in [-0.1, -0.05) is 32.8 Å². The molecule has 1 fully saturated rings. The number of nitrogens with one attached hydrogen (secondary N) is 1. The lowest BCUT2D eigenvalue weighted by Gasteiger charge is -2.35. The maximum atomic E-state index is 9.28. The van der Waals surface area contributed by atoms with Crippen molar-refractivity contribution in [1.29, 1.82) is 5.26 Å². The molecule has 1 aromatic rings. The first-order valence-electron chi connectivity index (χ1n) is 7.08. The number of anilines is 1. The number of nitriles is 1. The molecule has 0 radical (unpaired) electrons. The van der Waals surface area contributed by atoms with Gasteiger partial charge < -0.3 is 5.32 Å². The van der Waals surface area contributed by atoms with E-state index in [1.165, 1.54) is 25.7 Å². The van der Waals surface area contributed by atoms with E-state index in [-0.39, 0.29) is 0 Å². The summed E-state index contributed by atoms with van der Waals surface area (Å²) in [5.41, 5.74) is 1.69. The van der Waals surface area contributed by atoms with Crippen LogP contribution in [0.3, 0.4) is 0 Å². The zero-order valence-electron chi connectivity index (χ0n) is 11.6. The van der Waals surface area contributed by atoms with Crippen LogP contribution in [-0.4, -0.2) is 6.04 Å². The molecule has 1 aliphatic carbocycles. The Kier molecular flexibility index (Phi) is 4.87. The average molecular weight is 321 g/mol. The Morgan fingerprint density at radius 2 is 2.05 bits per heavy atom. The second-order valence-electron chi connectivity index (χ2n) is 5.72. The first-order chi connectivity index (χ1) is 9.13. The lowest BCUT2D eigenvalue weighted by atomic mass is 9.77. The Hall–Kier alpha value is -1.01. The minimum atomic E-state index is 0.496. The first-order valence-corrected chi connectivity index (χ1v) is 7.88. The molecule has 0 saturated heterocycles. The van der Waals surface area contributed by atoms with Gasteiger partial charge in [-0.2, -0.15) is 5.26 Å². The van der Waals surface area contributed by atoms with E-state index in [0.29, 0.717) is 17.9 Å². The Bertz CT molecular complexity index is 476. The zero-order valence-corrected chi connectivity index (χ0v) is 13.2. The fourth-order valence-corrected chi connectivity index (χ4v) is 3.55. The highest BCUT2D eigenvalue weighted by molar-refractivity contribution is 9.10. The number of hydrogen-bond donors (Lipinski definition) is 1. The number of nitrogens with zero attached hydrogens (tertiary/aromatic N) is 1. The van der Waals surface area contributed by atoms with Gasteiger partial charge in [0.25, 0.3) is 0 Å². The van der Waals surface area contributed by atoms with Crippen LogP contribution in [-0.2, 0) is 0 Å². The monoisotopic (exact) mass is 320 g/mol. The second-order valence-corrected chi connectivity index (χ2v) is 6.57. The van der Waals surface area contributed by atoms with E-state index in [1.54, 1.807) is 0 Å². The Morgan fingerprint density at radius 1 is 1.32 bits per heavy atom. The van der Waals surface area contributed by atoms with Crippen molar-refractivity contribution in [2.75, 3.05) is 5.32 Å². The van der Waals surface area contributed by atoms with E-state index in [2.05, 4.69) is 41.2 Å². The molecule has 19 heavy (non-hydrogen) atoms. The van der Waals surface area contributed by atoms with Gasteiger partial charge in [-0.05, 0) is 52.7 Å². The fraction of sp³-hybridized carbons (Fsp3) is 0.562. The number of hydrogen-bond acceptors (Lipinski definition) is 2. The van der Waals surface area contributed by atoms with E-state index in [4.69, 9.17) is 0 Å². The van der Waals surface area contributed by atoms with Crippen molar-refractivity contribution < 1.29 is 0 Å². The van der Waals surface area contributed by atoms with Crippen LogP contribution in [0.4, 0.5) is 5.69 Å². The van der Waals surface area contributed by atoms with Gasteiger partial charge in [0.15, 0.2) is 0 Å². The van der Waals surface area contributed by atoms with Crippen LogP contribution in [0.25, 0.3) is 0 Å². The molecule has 0 heterocycles. The predicted octanol–water partition coefficient (Wildman–Crippen LogP) is 4.95. The second kappa shape index (κ2) is 6.43. The average Bonchev–Trinajstić information content (AvgIpc) is 2.39. The summed E-state index contributed by atoms with van der Waals surface area (Å²) in [5, 5.41) is 12.9. The van der Waals surface area contributed by atoms with E-state index in [9.17, 15) is 5.26 Å². The molecule has 1 aliphatic rings. The van der Waals surface area contributed by atoms with Crippen molar-refractivity contribution in [3.63, 3.8) is 0 Å². The third kappa shape index (κ3) is 3.30. The molecule has 3 heteroatoms. The molecule has 0 amide bonds. The van der Waals surface area contributed by atoms with Gasteiger partial charge in [-0.15, -0.1) is 0 Å². The van der Waals surface area contributed by atoms with Crippen LogP contribution >= 0.6 is 15.9 Å². The van der Waals surface area contributed by atoms with E-state index in [1.807, 2.05) is 18.2 Å². The zero-order chi connectivity index (χ0) is 13.8. The lowest BCUT2D eigenvalue weighted by Crippen LogP contribution is -2.35. The molecular weight excluding hydrogens is 300 g/mol.